The summed E-state index contributed by atoms with van der Waals surface area (Å²) in [5.74, 6) is 0.579. The number of hydrogen-bond acceptors (Lipinski definition) is 3. The van der Waals surface area contributed by atoms with E-state index in [0.717, 1.165) is 31.7 Å². The minimum Gasteiger partial charge on any atom is -0.338 e. The largest absolute Gasteiger partial charge is 0.338 e. The van der Waals surface area contributed by atoms with Gasteiger partial charge in [-0.05, 0) is 44.9 Å². The lowest BCUT2D eigenvalue weighted by molar-refractivity contribution is 0.206. The third-order valence-corrected chi connectivity index (χ3v) is 4.37. The Morgan fingerprint density at radius 2 is 2.32 bits per heavy atom. The fourth-order valence-corrected chi connectivity index (χ4v) is 2.79. The smallest absolute Gasteiger partial charge is 0.317 e. The van der Waals surface area contributed by atoms with Gasteiger partial charge in [-0.2, -0.15) is 0 Å². The topological polar surface area (TPSA) is 48.5 Å². The quantitative estimate of drug-likeness (QED) is 0.874. The van der Waals surface area contributed by atoms with Crippen LogP contribution in [0.3, 0.4) is 0 Å². The molecule has 0 radical (unpaired) electrons. The molecule has 2 heterocycles. The summed E-state index contributed by atoms with van der Waals surface area (Å²) in [5.41, 5.74) is 1.02. The summed E-state index contributed by atoms with van der Waals surface area (Å²) in [6.45, 7) is 8.16. The number of aromatic nitrogens is 1. The van der Waals surface area contributed by atoms with Crippen LogP contribution in [0.5, 0.6) is 0 Å². The minimum absolute atomic E-state index is 0.0129. The zero-order chi connectivity index (χ0) is 15.9. The highest BCUT2D eigenvalue weighted by Gasteiger charge is 2.24. The van der Waals surface area contributed by atoms with E-state index in [1.165, 1.54) is 6.42 Å². The van der Waals surface area contributed by atoms with Crippen LogP contribution in [-0.4, -0.2) is 60.1 Å². The van der Waals surface area contributed by atoms with Gasteiger partial charge < -0.3 is 15.1 Å². The Balaban J connectivity index is 1.66. The summed E-state index contributed by atoms with van der Waals surface area (Å²) < 4.78 is 0. The van der Waals surface area contributed by atoms with Crippen molar-refractivity contribution in [1.29, 1.82) is 0 Å². The number of pyridine rings is 1. The number of carbonyl (C=O) groups is 1. The maximum atomic E-state index is 12.1. The van der Waals surface area contributed by atoms with Crippen molar-refractivity contribution in [3.63, 3.8) is 0 Å². The van der Waals surface area contributed by atoms with Crippen LogP contribution in [0, 0.1) is 5.92 Å². The summed E-state index contributed by atoms with van der Waals surface area (Å²) in [5, 5.41) is 3.06. The Labute approximate surface area is 133 Å². The van der Waals surface area contributed by atoms with Crippen molar-refractivity contribution in [1.82, 2.24) is 20.1 Å². The number of nitrogens with one attached hydrogen (secondary N) is 1. The van der Waals surface area contributed by atoms with E-state index in [2.05, 4.69) is 29.0 Å². The van der Waals surface area contributed by atoms with E-state index in [1.807, 2.05) is 25.2 Å². The molecule has 1 atom stereocenters. The van der Waals surface area contributed by atoms with Gasteiger partial charge >= 0.3 is 6.03 Å². The number of nitrogens with zero attached hydrogens (tertiary/aromatic N) is 3. The number of carbonyl (C=O) groups excluding carboxylic acids is 1. The van der Waals surface area contributed by atoms with E-state index in [0.29, 0.717) is 18.5 Å². The van der Waals surface area contributed by atoms with E-state index in [1.54, 1.807) is 11.1 Å². The Morgan fingerprint density at radius 3 is 2.95 bits per heavy atom. The average Bonchev–Trinajstić information content (AvgIpc) is 3.00. The van der Waals surface area contributed by atoms with Gasteiger partial charge in [-0.25, -0.2) is 4.79 Å². The predicted molar refractivity (Wildman–Crippen MR) is 88.8 cm³/mol. The molecule has 122 valence electrons. The second kappa shape index (κ2) is 8.13. The summed E-state index contributed by atoms with van der Waals surface area (Å²) in [6.07, 6.45) is 3.75. The lowest BCUT2D eigenvalue weighted by Crippen LogP contribution is -2.41. The first-order valence-corrected chi connectivity index (χ1v) is 8.19. The molecule has 1 N–H and O–H groups in total. The molecule has 0 bridgehead atoms. The number of likely N-dealkylation sites (tertiary alicyclic amines) is 1. The van der Waals surface area contributed by atoms with Crippen molar-refractivity contribution >= 4 is 6.03 Å². The molecule has 2 amide bonds. The minimum atomic E-state index is 0.0129. The molecule has 0 unspecified atom stereocenters. The van der Waals surface area contributed by atoms with Gasteiger partial charge in [0.15, 0.2) is 0 Å². The lowest BCUT2D eigenvalue weighted by atomic mass is 10.1. The molecular formula is C17H28N4O. The van der Waals surface area contributed by atoms with Crippen molar-refractivity contribution in [3.8, 4) is 0 Å². The maximum absolute atomic E-state index is 12.1. The third-order valence-electron chi connectivity index (χ3n) is 4.37. The second-order valence-corrected chi connectivity index (χ2v) is 6.42. The molecule has 0 aromatic carbocycles. The zero-order valence-electron chi connectivity index (χ0n) is 14.0. The summed E-state index contributed by atoms with van der Waals surface area (Å²) >= 11 is 0. The average molecular weight is 304 g/mol. The molecule has 0 saturated carbocycles. The van der Waals surface area contributed by atoms with Crippen LogP contribution in [0.15, 0.2) is 24.4 Å². The number of urea groups is 1. The summed E-state index contributed by atoms with van der Waals surface area (Å²) in [7, 11) is 1.84. The SMILES string of the molecule is CC(C)N1CC[C@H](CNC(=O)N(C)CCc2ccccn2)C1. The number of amides is 2. The molecule has 1 saturated heterocycles. The van der Waals surface area contributed by atoms with E-state index >= 15 is 0 Å². The number of rotatable bonds is 6. The first kappa shape index (κ1) is 16.7. The molecule has 1 aromatic heterocycles. The van der Waals surface area contributed by atoms with Crippen molar-refractivity contribution in [2.24, 2.45) is 5.92 Å². The number of hydrogen-bond donors (Lipinski definition) is 1. The highest BCUT2D eigenvalue weighted by atomic mass is 16.2. The second-order valence-electron chi connectivity index (χ2n) is 6.42. The monoisotopic (exact) mass is 304 g/mol. The van der Waals surface area contributed by atoms with Gasteiger partial charge in [0.25, 0.3) is 0 Å². The van der Waals surface area contributed by atoms with E-state index in [4.69, 9.17) is 0 Å². The Kier molecular flexibility index (Phi) is 6.19. The normalized spacial score (nSPS) is 18.6. The fourth-order valence-electron chi connectivity index (χ4n) is 2.79. The van der Waals surface area contributed by atoms with Gasteiger partial charge in [0.1, 0.15) is 0 Å². The van der Waals surface area contributed by atoms with E-state index in [-0.39, 0.29) is 6.03 Å². The molecular weight excluding hydrogens is 276 g/mol. The van der Waals surface area contributed by atoms with Gasteiger partial charge in [0.05, 0.1) is 0 Å². The van der Waals surface area contributed by atoms with Gasteiger partial charge in [0.2, 0.25) is 0 Å². The summed E-state index contributed by atoms with van der Waals surface area (Å²) in [4.78, 5) is 20.6. The number of likely N-dealkylation sites (N-methyl/N-ethyl adjacent to an activating group) is 1. The van der Waals surface area contributed by atoms with Gasteiger partial charge in [-0.15, -0.1) is 0 Å². The Morgan fingerprint density at radius 1 is 1.50 bits per heavy atom. The van der Waals surface area contributed by atoms with Crippen LogP contribution in [0.25, 0.3) is 0 Å². The maximum Gasteiger partial charge on any atom is 0.317 e. The van der Waals surface area contributed by atoms with E-state index < -0.39 is 0 Å². The van der Waals surface area contributed by atoms with Gasteiger partial charge in [0, 0.05) is 51.0 Å². The molecule has 1 fully saturated rings. The molecule has 5 heteroatoms. The van der Waals surface area contributed by atoms with Gasteiger partial charge in [-0.3, -0.25) is 4.98 Å². The molecule has 0 aliphatic carbocycles. The molecule has 1 aliphatic rings. The molecule has 2 rings (SSSR count). The Hall–Kier alpha value is -1.62. The summed E-state index contributed by atoms with van der Waals surface area (Å²) in [6, 6.07) is 6.48. The standard InChI is InChI=1S/C17H28N4O/c1-14(2)21-11-7-15(13-21)12-19-17(22)20(3)10-8-16-6-4-5-9-18-16/h4-6,9,14-15H,7-8,10-13H2,1-3H3,(H,19,22)/t15-/m1/s1. The Bertz CT molecular complexity index is 463. The predicted octanol–water partition coefficient (Wildman–Crippen LogP) is 2.00. The van der Waals surface area contributed by atoms with Crippen LogP contribution in [0.2, 0.25) is 0 Å². The highest BCUT2D eigenvalue weighted by Crippen LogP contribution is 2.17. The van der Waals surface area contributed by atoms with Crippen LogP contribution in [0.4, 0.5) is 4.79 Å². The molecule has 22 heavy (non-hydrogen) atoms. The molecule has 0 spiro atoms. The van der Waals surface area contributed by atoms with E-state index in [9.17, 15) is 4.79 Å². The fraction of sp³-hybridized carbons (Fsp3) is 0.647. The van der Waals surface area contributed by atoms with Crippen LogP contribution in [-0.2, 0) is 6.42 Å². The van der Waals surface area contributed by atoms with Crippen molar-refractivity contribution in [2.75, 3.05) is 33.2 Å². The van der Waals surface area contributed by atoms with Crippen LogP contribution < -0.4 is 5.32 Å². The zero-order valence-corrected chi connectivity index (χ0v) is 14.0. The lowest BCUT2D eigenvalue weighted by Gasteiger charge is -2.21. The molecule has 1 aromatic rings. The third kappa shape index (κ3) is 4.98. The van der Waals surface area contributed by atoms with Crippen molar-refractivity contribution in [2.45, 2.75) is 32.7 Å². The van der Waals surface area contributed by atoms with Gasteiger partial charge in [-0.1, -0.05) is 6.07 Å². The molecule has 5 nitrogen and oxygen atoms in total. The first-order chi connectivity index (χ1) is 10.6. The molecule has 1 aliphatic heterocycles. The van der Waals surface area contributed by atoms with Crippen LogP contribution >= 0.6 is 0 Å². The first-order valence-electron chi connectivity index (χ1n) is 8.19. The van der Waals surface area contributed by atoms with Crippen LogP contribution in [0.1, 0.15) is 26.0 Å². The van der Waals surface area contributed by atoms with Crippen molar-refractivity contribution in [3.05, 3.63) is 30.1 Å². The van der Waals surface area contributed by atoms with Crippen molar-refractivity contribution < 1.29 is 4.79 Å². The highest BCUT2D eigenvalue weighted by molar-refractivity contribution is 5.73.